The van der Waals surface area contributed by atoms with Crippen molar-refractivity contribution in [1.29, 1.82) is 0 Å². The summed E-state index contributed by atoms with van der Waals surface area (Å²) in [5.74, 6) is 2.10. The van der Waals surface area contributed by atoms with Crippen LogP contribution in [0.1, 0.15) is 35.6 Å². The molecule has 0 bridgehead atoms. The Morgan fingerprint density at radius 1 is 1.23 bits per heavy atom. The van der Waals surface area contributed by atoms with Gasteiger partial charge < -0.3 is 15.0 Å². The highest BCUT2D eigenvalue weighted by Crippen LogP contribution is 2.44. The van der Waals surface area contributed by atoms with E-state index in [1.807, 2.05) is 31.3 Å². The van der Waals surface area contributed by atoms with Gasteiger partial charge in [-0.25, -0.2) is 9.97 Å². The lowest BCUT2D eigenvalue weighted by Crippen LogP contribution is -2.65. The van der Waals surface area contributed by atoms with Crippen molar-refractivity contribution in [2.24, 2.45) is 7.05 Å². The second-order valence-corrected chi connectivity index (χ2v) is 9.74. The van der Waals surface area contributed by atoms with Crippen LogP contribution < -0.4 is 10.1 Å². The number of benzene rings is 1. The first-order valence-corrected chi connectivity index (χ1v) is 12.0. The minimum atomic E-state index is -0.223. The molecule has 1 atom stereocenters. The van der Waals surface area contributed by atoms with E-state index in [-0.39, 0.29) is 12.0 Å². The minimum Gasteiger partial charge on any atom is -0.483 e. The predicted molar refractivity (Wildman–Crippen MR) is 133 cm³/mol. The van der Waals surface area contributed by atoms with E-state index in [9.17, 15) is 4.79 Å². The number of hydrogen-bond donors (Lipinski definition) is 1. The SMILES string of the molecule is C=CC(=O)N1CC(N2CC(c3cc(C)c4c(c3)Nc3ncnc(-c5cnn(C)c5)c3[C@H](C)O4)C2)C1. The first-order chi connectivity index (χ1) is 16.9. The molecule has 0 saturated carbocycles. The second-order valence-electron chi connectivity index (χ2n) is 9.74. The van der Waals surface area contributed by atoms with Gasteiger partial charge in [0, 0.05) is 56.9 Å². The van der Waals surface area contributed by atoms with Crippen molar-refractivity contribution < 1.29 is 9.53 Å². The van der Waals surface area contributed by atoms with Gasteiger partial charge in [0.15, 0.2) is 0 Å². The highest BCUT2D eigenvalue weighted by molar-refractivity contribution is 5.87. The van der Waals surface area contributed by atoms with E-state index < -0.39 is 0 Å². The highest BCUT2D eigenvalue weighted by Gasteiger charge is 2.40. The highest BCUT2D eigenvalue weighted by atomic mass is 16.5. The number of likely N-dealkylation sites (tertiary alicyclic amines) is 2. The maximum absolute atomic E-state index is 11.7. The summed E-state index contributed by atoms with van der Waals surface area (Å²) in [5, 5.41) is 7.85. The van der Waals surface area contributed by atoms with Crippen LogP contribution >= 0.6 is 0 Å². The van der Waals surface area contributed by atoms with Crippen LogP contribution in [0.4, 0.5) is 11.5 Å². The third-order valence-corrected chi connectivity index (χ3v) is 7.36. The van der Waals surface area contributed by atoms with Crippen molar-refractivity contribution in [1.82, 2.24) is 29.5 Å². The summed E-state index contributed by atoms with van der Waals surface area (Å²) in [6.07, 6.45) is 6.53. The number of carbonyl (C=O) groups excluding carboxylic acids is 1. The molecule has 2 fully saturated rings. The molecule has 1 aromatic carbocycles. The van der Waals surface area contributed by atoms with E-state index in [2.05, 4.69) is 50.9 Å². The minimum absolute atomic E-state index is 0.0239. The van der Waals surface area contributed by atoms with Crippen LogP contribution in [0.2, 0.25) is 0 Å². The predicted octanol–water partition coefficient (Wildman–Crippen LogP) is 3.18. The van der Waals surface area contributed by atoms with Gasteiger partial charge >= 0.3 is 0 Å². The molecule has 1 amide bonds. The smallest absolute Gasteiger partial charge is 0.246 e. The van der Waals surface area contributed by atoms with Crippen LogP contribution in [0.3, 0.4) is 0 Å². The summed E-state index contributed by atoms with van der Waals surface area (Å²) in [4.78, 5) is 25.2. The molecule has 0 radical (unpaired) electrons. The Labute approximate surface area is 204 Å². The first-order valence-electron chi connectivity index (χ1n) is 12.0. The van der Waals surface area contributed by atoms with E-state index in [0.29, 0.717) is 12.0 Å². The van der Waals surface area contributed by atoms with Crippen molar-refractivity contribution in [2.45, 2.75) is 31.9 Å². The van der Waals surface area contributed by atoms with Gasteiger partial charge in [0.05, 0.1) is 23.1 Å². The number of fused-ring (bicyclic) bond motifs is 2. The van der Waals surface area contributed by atoms with Gasteiger partial charge in [-0.3, -0.25) is 14.4 Å². The number of aryl methyl sites for hydroxylation is 2. The lowest BCUT2D eigenvalue weighted by Gasteiger charge is -2.52. The number of amides is 1. The number of rotatable bonds is 4. The van der Waals surface area contributed by atoms with Gasteiger partial charge in [-0.15, -0.1) is 0 Å². The van der Waals surface area contributed by atoms with Gasteiger partial charge in [-0.05, 0) is 37.1 Å². The van der Waals surface area contributed by atoms with Gasteiger partial charge in [0.25, 0.3) is 0 Å². The van der Waals surface area contributed by atoms with Gasteiger partial charge in [-0.2, -0.15) is 5.10 Å². The quantitative estimate of drug-likeness (QED) is 0.585. The second kappa shape index (κ2) is 8.20. The zero-order valence-electron chi connectivity index (χ0n) is 20.2. The topological polar surface area (TPSA) is 88.4 Å². The molecule has 5 heterocycles. The summed E-state index contributed by atoms with van der Waals surface area (Å²) >= 11 is 0. The molecule has 2 aromatic heterocycles. The number of nitrogens with one attached hydrogen (secondary N) is 1. The third-order valence-electron chi connectivity index (χ3n) is 7.36. The Morgan fingerprint density at radius 2 is 2.03 bits per heavy atom. The summed E-state index contributed by atoms with van der Waals surface area (Å²) < 4.78 is 8.24. The molecule has 3 aliphatic heterocycles. The summed E-state index contributed by atoms with van der Waals surface area (Å²) in [5.41, 5.74) is 6.02. The number of anilines is 2. The monoisotopic (exact) mass is 471 g/mol. The van der Waals surface area contributed by atoms with E-state index >= 15 is 0 Å². The molecule has 1 N–H and O–H groups in total. The number of hydrogen-bond acceptors (Lipinski definition) is 7. The van der Waals surface area contributed by atoms with Gasteiger partial charge in [0.2, 0.25) is 5.91 Å². The fourth-order valence-corrected chi connectivity index (χ4v) is 5.32. The van der Waals surface area contributed by atoms with Crippen LogP contribution in [-0.2, 0) is 11.8 Å². The van der Waals surface area contributed by atoms with E-state index in [0.717, 1.165) is 65.8 Å². The van der Waals surface area contributed by atoms with E-state index in [4.69, 9.17) is 4.74 Å². The zero-order valence-corrected chi connectivity index (χ0v) is 20.2. The van der Waals surface area contributed by atoms with Crippen LogP contribution in [0.15, 0.2) is 43.5 Å². The summed E-state index contributed by atoms with van der Waals surface area (Å²) in [7, 11) is 1.89. The Hall–Kier alpha value is -3.72. The standard InChI is InChI=1S/C26H29N7O2/c1-5-22(34)33-12-20(13-33)32-10-19(11-32)17-6-15(2)25-21(7-17)30-26-23(16(3)35-25)24(27-14-28-26)18-8-29-31(4)9-18/h5-9,14,16,19-20H,1,10-13H2,2-4H3,(H,27,28,30)/t16-/m0/s1. The molecule has 2 saturated heterocycles. The van der Waals surface area contributed by atoms with Crippen LogP contribution in [0.5, 0.6) is 5.75 Å². The lowest BCUT2D eigenvalue weighted by atomic mass is 9.87. The fraction of sp³-hybridized carbons (Fsp3) is 0.385. The van der Waals surface area contributed by atoms with E-state index in [1.54, 1.807) is 11.0 Å². The van der Waals surface area contributed by atoms with Crippen molar-refractivity contribution in [3.8, 4) is 17.0 Å². The average molecular weight is 472 g/mol. The van der Waals surface area contributed by atoms with Crippen molar-refractivity contribution in [3.63, 3.8) is 0 Å². The van der Waals surface area contributed by atoms with Crippen molar-refractivity contribution >= 4 is 17.4 Å². The van der Waals surface area contributed by atoms with E-state index in [1.165, 1.54) is 11.6 Å². The zero-order chi connectivity index (χ0) is 24.3. The largest absolute Gasteiger partial charge is 0.483 e. The van der Waals surface area contributed by atoms with Crippen LogP contribution in [0, 0.1) is 6.92 Å². The molecule has 0 unspecified atom stereocenters. The molecule has 0 aliphatic carbocycles. The molecule has 9 nitrogen and oxygen atoms in total. The Bertz CT molecular complexity index is 1320. The Balaban J connectivity index is 1.23. The van der Waals surface area contributed by atoms with Crippen molar-refractivity contribution in [3.05, 3.63) is 60.2 Å². The third kappa shape index (κ3) is 3.67. The molecule has 9 heteroatoms. The van der Waals surface area contributed by atoms with Crippen LogP contribution in [0.25, 0.3) is 11.3 Å². The Kier molecular flexibility index (Phi) is 5.10. The van der Waals surface area contributed by atoms with Gasteiger partial charge in [0.1, 0.15) is 24.0 Å². The molecule has 3 aromatic rings. The average Bonchev–Trinajstić information content (AvgIpc) is 3.15. The maximum Gasteiger partial charge on any atom is 0.246 e. The van der Waals surface area contributed by atoms with Crippen LogP contribution in [-0.4, -0.2) is 67.7 Å². The number of ether oxygens (including phenoxy) is 1. The maximum atomic E-state index is 11.7. The first kappa shape index (κ1) is 21.8. The number of aromatic nitrogens is 4. The molecular weight excluding hydrogens is 442 g/mol. The molecule has 3 aliphatic rings. The number of nitrogens with zero attached hydrogens (tertiary/aromatic N) is 6. The fourth-order valence-electron chi connectivity index (χ4n) is 5.32. The number of carbonyl (C=O) groups is 1. The molecule has 6 rings (SSSR count). The molecule has 35 heavy (non-hydrogen) atoms. The normalized spacial score (nSPS) is 20.0. The van der Waals surface area contributed by atoms with Gasteiger partial charge in [-0.1, -0.05) is 12.6 Å². The Morgan fingerprint density at radius 3 is 2.74 bits per heavy atom. The molecule has 0 spiro atoms. The van der Waals surface area contributed by atoms with Crippen molar-refractivity contribution in [2.75, 3.05) is 31.5 Å². The molecule has 180 valence electrons. The summed E-state index contributed by atoms with van der Waals surface area (Å²) in [6, 6.07) is 4.90. The molecular formula is C26H29N7O2. The lowest BCUT2D eigenvalue weighted by molar-refractivity contribution is -0.134. The summed E-state index contributed by atoms with van der Waals surface area (Å²) in [6.45, 7) is 11.3.